The summed E-state index contributed by atoms with van der Waals surface area (Å²) in [4.78, 5) is 39.4. The van der Waals surface area contributed by atoms with Crippen molar-refractivity contribution in [2.24, 2.45) is 5.73 Å². The molecule has 1 aliphatic heterocycles. The monoisotopic (exact) mass is 551 g/mol. The van der Waals surface area contributed by atoms with Gasteiger partial charge in [-0.05, 0) is 61.7 Å². The Kier molecular flexibility index (Phi) is 10.3. The van der Waals surface area contributed by atoms with E-state index in [1.807, 2.05) is 13.8 Å². The Morgan fingerprint density at radius 3 is 2.33 bits per heavy atom. The lowest BCUT2D eigenvalue weighted by atomic mass is 10.1. The number of fused-ring (bicyclic) bond motifs is 1. The molecule has 2 aromatic carbocycles. The lowest BCUT2D eigenvalue weighted by Gasteiger charge is -2.27. The Morgan fingerprint density at radius 1 is 1.08 bits per heavy atom. The van der Waals surface area contributed by atoms with Gasteiger partial charge in [-0.15, -0.1) is 0 Å². The van der Waals surface area contributed by atoms with Crippen LogP contribution in [-0.4, -0.2) is 63.2 Å². The van der Waals surface area contributed by atoms with Crippen LogP contribution in [0.5, 0.6) is 0 Å². The van der Waals surface area contributed by atoms with E-state index in [2.05, 4.69) is 10.6 Å². The third kappa shape index (κ3) is 7.91. The molecule has 3 rings (SSSR count). The molecule has 0 saturated carbocycles. The highest BCUT2D eigenvalue weighted by molar-refractivity contribution is 6.00. The molecule has 0 aromatic heterocycles. The maximum atomic E-state index is 13.1. The second kappa shape index (κ2) is 13.4. The van der Waals surface area contributed by atoms with Gasteiger partial charge in [-0.3, -0.25) is 14.5 Å². The molecule has 10 nitrogen and oxygen atoms in total. The molecule has 212 valence electrons. The summed E-state index contributed by atoms with van der Waals surface area (Å²) in [5.74, 6) is -2.48. The van der Waals surface area contributed by atoms with Gasteiger partial charge in [0.15, 0.2) is 6.29 Å². The fourth-order valence-electron chi connectivity index (χ4n) is 4.09. The molecule has 0 fully saturated rings. The number of benzene rings is 2. The minimum atomic E-state index is -4.97. The number of halogens is 3. The van der Waals surface area contributed by atoms with Crippen LogP contribution >= 0.6 is 0 Å². The van der Waals surface area contributed by atoms with Crippen molar-refractivity contribution in [1.29, 1.82) is 0 Å². The number of carbonyl (C=O) groups excluding carboxylic acids is 3. The summed E-state index contributed by atoms with van der Waals surface area (Å²) < 4.78 is 49.7. The first-order valence-electron chi connectivity index (χ1n) is 12.5. The largest absolute Gasteiger partial charge is 0.471 e. The van der Waals surface area contributed by atoms with E-state index in [1.165, 1.54) is 23.1 Å². The van der Waals surface area contributed by atoms with Crippen molar-refractivity contribution in [1.82, 2.24) is 5.32 Å². The van der Waals surface area contributed by atoms with Crippen LogP contribution in [-0.2, 0) is 32.0 Å². The summed E-state index contributed by atoms with van der Waals surface area (Å²) in [6, 6.07) is 10.7. The second-order valence-corrected chi connectivity index (χ2v) is 8.58. The average molecular weight is 552 g/mol. The molecule has 13 heteroatoms. The van der Waals surface area contributed by atoms with Crippen LogP contribution in [0.4, 0.5) is 35.0 Å². The van der Waals surface area contributed by atoms with Gasteiger partial charge in [-0.2, -0.15) is 13.2 Å². The number of ether oxygens (including phenoxy) is 2. The molecule has 4 amide bonds. The molecule has 0 unspecified atom stereocenters. The van der Waals surface area contributed by atoms with Gasteiger partial charge < -0.3 is 30.7 Å². The summed E-state index contributed by atoms with van der Waals surface area (Å²) in [6.07, 6.45) is -5.45. The first-order valence-corrected chi connectivity index (χ1v) is 12.5. The highest BCUT2D eigenvalue weighted by Crippen LogP contribution is 2.33. The van der Waals surface area contributed by atoms with Crippen molar-refractivity contribution in [3.63, 3.8) is 0 Å². The summed E-state index contributed by atoms with van der Waals surface area (Å²) in [7, 11) is 0. The van der Waals surface area contributed by atoms with Crippen molar-refractivity contribution in [2.45, 2.75) is 39.3 Å². The number of nitrogens with zero attached hydrogens (tertiary/aromatic N) is 2. The van der Waals surface area contributed by atoms with Gasteiger partial charge in [0.1, 0.15) is 0 Å². The number of alkyl halides is 3. The van der Waals surface area contributed by atoms with Gasteiger partial charge in [0.2, 0.25) is 5.91 Å². The first-order chi connectivity index (χ1) is 18.6. The Bertz CT molecular complexity index is 1150. The number of amides is 4. The fraction of sp³-hybridized carbons (Fsp3) is 0.423. The number of urea groups is 1. The number of anilines is 3. The van der Waals surface area contributed by atoms with Crippen LogP contribution in [0.1, 0.15) is 25.0 Å². The summed E-state index contributed by atoms with van der Waals surface area (Å²) >= 11 is 0. The summed E-state index contributed by atoms with van der Waals surface area (Å²) in [6.45, 7) is 4.29. The van der Waals surface area contributed by atoms with E-state index in [1.54, 1.807) is 24.3 Å². The molecule has 4 N–H and O–H groups in total. The van der Waals surface area contributed by atoms with Gasteiger partial charge in [0.05, 0.1) is 13.1 Å². The molecular formula is C26H32F3N5O5. The topological polar surface area (TPSA) is 126 Å². The van der Waals surface area contributed by atoms with E-state index in [4.69, 9.17) is 15.2 Å². The van der Waals surface area contributed by atoms with Crippen LogP contribution in [0.2, 0.25) is 0 Å². The molecule has 2 aromatic rings. The van der Waals surface area contributed by atoms with Crippen LogP contribution in [0.3, 0.4) is 0 Å². The van der Waals surface area contributed by atoms with Gasteiger partial charge in [-0.25, -0.2) is 4.79 Å². The van der Waals surface area contributed by atoms with Gasteiger partial charge in [0, 0.05) is 43.4 Å². The molecule has 0 saturated heterocycles. The molecule has 0 radical (unpaired) electrons. The maximum absolute atomic E-state index is 13.1. The smallest absolute Gasteiger partial charge is 0.351 e. The highest BCUT2D eigenvalue weighted by Gasteiger charge is 2.44. The van der Waals surface area contributed by atoms with E-state index < -0.39 is 30.3 Å². The van der Waals surface area contributed by atoms with Crippen molar-refractivity contribution in [3.8, 4) is 0 Å². The molecule has 39 heavy (non-hydrogen) atoms. The van der Waals surface area contributed by atoms with Crippen LogP contribution < -0.4 is 26.2 Å². The first kappa shape index (κ1) is 29.9. The van der Waals surface area contributed by atoms with E-state index in [-0.39, 0.29) is 31.7 Å². The maximum Gasteiger partial charge on any atom is 0.471 e. The molecule has 1 aliphatic rings. The number of rotatable bonds is 11. The lowest BCUT2D eigenvalue weighted by Crippen LogP contribution is -2.47. The van der Waals surface area contributed by atoms with Crippen LogP contribution in [0.25, 0.3) is 0 Å². The number of nitrogens with two attached hydrogens (primary N) is 1. The quantitative estimate of drug-likeness (QED) is 0.369. The van der Waals surface area contributed by atoms with E-state index in [0.717, 1.165) is 5.56 Å². The molecule has 0 aliphatic carbocycles. The van der Waals surface area contributed by atoms with E-state index in [9.17, 15) is 27.6 Å². The average Bonchev–Trinajstić information content (AvgIpc) is 3.32. The van der Waals surface area contributed by atoms with Gasteiger partial charge >= 0.3 is 18.1 Å². The van der Waals surface area contributed by atoms with Crippen LogP contribution in [0.15, 0.2) is 42.5 Å². The predicted molar refractivity (Wildman–Crippen MR) is 139 cm³/mol. The Labute approximate surface area is 224 Å². The molecule has 0 atom stereocenters. The molecule has 0 bridgehead atoms. The fourth-order valence-corrected chi connectivity index (χ4v) is 4.09. The third-order valence-corrected chi connectivity index (χ3v) is 5.91. The third-order valence-electron chi connectivity index (χ3n) is 5.91. The minimum absolute atomic E-state index is 0.0646. The van der Waals surface area contributed by atoms with Crippen molar-refractivity contribution in [2.75, 3.05) is 48.0 Å². The van der Waals surface area contributed by atoms with Crippen molar-refractivity contribution < 1.29 is 37.0 Å². The van der Waals surface area contributed by atoms with Crippen molar-refractivity contribution >= 4 is 34.9 Å². The summed E-state index contributed by atoms with van der Waals surface area (Å²) in [5, 5.41) is 5.19. The Morgan fingerprint density at radius 2 is 1.74 bits per heavy atom. The van der Waals surface area contributed by atoms with Crippen LogP contribution in [0, 0.1) is 0 Å². The zero-order valence-corrected chi connectivity index (χ0v) is 21.7. The Balaban J connectivity index is 1.65. The zero-order valence-electron chi connectivity index (χ0n) is 21.7. The van der Waals surface area contributed by atoms with Gasteiger partial charge in [0.25, 0.3) is 0 Å². The number of hydrogen-bond acceptors (Lipinski definition) is 6. The van der Waals surface area contributed by atoms with Gasteiger partial charge in [-0.1, -0.05) is 12.1 Å². The Hall–Kier alpha value is -3.68. The number of carbonyl (C=O) groups is 3. The second-order valence-electron chi connectivity index (χ2n) is 8.58. The highest BCUT2D eigenvalue weighted by atomic mass is 19.4. The van der Waals surface area contributed by atoms with Crippen molar-refractivity contribution in [3.05, 3.63) is 53.6 Å². The molecule has 0 spiro atoms. The normalized spacial score (nSPS) is 12.8. The van der Waals surface area contributed by atoms with E-state index in [0.29, 0.717) is 41.6 Å². The summed E-state index contributed by atoms with van der Waals surface area (Å²) in [5.41, 5.74) is 8.07. The number of hydrogen-bond donors (Lipinski definition) is 3. The molecule has 1 heterocycles. The number of nitrogens with one attached hydrogen (secondary N) is 2. The standard InChI is InChI=1S/C26H32F3N5O5/c1-3-38-23(39-4-2)16-34(20-8-5-17(14-30)6-9-20)25(37)31-15-22(35)32-19-7-10-21-18(13-19)11-12-33(21)24(36)26(27,28)29/h5-10,13,23H,3-4,11-12,14-16,30H2,1-2H3,(H,31,37)(H,32,35). The minimum Gasteiger partial charge on any atom is -0.351 e. The van der Waals surface area contributed by atoms with E-state index >= 15 is 0 Å². The predicted octanol–water partition coefficient (Wildman–Crippen LogP) is 3.15. The SMILES string of the molecule is CCOC(CN(C(=O)NCC(=O)Nc1ccc2c(c1)CCN2C(=O)C(F)(F)F)c1ccc(CN)cc1)OCC. The lowest BCUT2D eigenvalue weighted by molar-refractivity contribution is -0.170. The molecular weight excluding hydrogens is 519 g/mol. The zero-order chi connectivity index (χ0) is 28.6.